The van der Waals surface area contributed by atoms with Gasteiger partial charge in [-0.1, -0.05) is 70.3 Å². The van der Waals surface area contributed by atoms with Crippen LogP contribution in [-0.4, -0.2) is 0 Å². The van der Waals surface area contributed by atoms with Gasteiger partial charge in [-0.2, -0.15) is 0 Å². The molecule has 0 aromatic rings. The zero-order valence-corrected chi connectivity index (χ0v) is 15.6. The smallest absolute Gasteiger partial charge is 0.0199 e. The molecular weight excluding hydrogens is 276 g/mol. The lowest BCUT2D eigenvalue weighted by atomic mass is 9.89. The van der Waals surface area contributed by atoms with Gasteiger partial charge in [0.2, 0.25) is 0 Å². The average Bonchev–Trinajstić information content (AvgIpc) is 3.34. The van der Waals surface area contributed by atoms with Gasteiger partial charge in [0, 0.05) is 0 Å². The predicted octanol–water partition coefficient (Wildman–Crippen LogP) is 7.17. The van der Waals surface area contributed by atoms with Crippen LogP contribution in [0.5, 0.6) is 0 Å². The summed E-state index contributed by atoms with van der Waals surface area (Å²) in [6.07, 6.45) is 25.9. The van der Waals surface area contributed by atoms with Crippen LogP contribution in [0.3, 0.4) is 0 Å². The standard InChI is InChI=1S/C12H20.C11H18/c1-2-3-4-5-11-8-10-6-7-12(11)9-10;1-2-3-4-10-7-9-5-6-11(10)8-9/h6-7,10-12H,2-5,8-9H2,1H3;5-6,9-11H,2-4,7-8H2,1H3. The third kappa shape index (κ3) is 4.52. The Morgan fingerprint density at radius 2 is 1.13 bits per heavy atom. The molecule has 6 unspecified atom stereocenters. The first-order chi connectivity index (χ1) is 11.3. The fourth-order valence-corrected chi connectivity index (χ4v) is 5.58. The van der Waals surface area contributed by atoms with E-state index in [0.29, 0.717) is 0 Å². The summed E-state index contributed by atoms with van der Waals surface area (Å²) in [7, 11) is 0. The van der Waals surface area contributed by atoms with Crippen LogP contribution in [-0.2, 0) is 0 Å². The van der Waals surface area contributed by atoms with Crippen LogP contribution in [0, 0.1) is 35.5 Å². The summed E-state index contributed by atoms with van der Waals surface area (Å²) in [5.74, 6) is 6.03. The second-order valence-corrected chi connectivity index (χ2v) is 8.72. The lowest BCUT2D eigenvalue weighted by Gasteiger charge is -2.17. The molecule has 0 heterocycles. The molecule has 23 heavy (non-hydrogen) atoms. The fraction of sp³-hybridized carbons (Fsp3) is 0.826. The molecule has 0 aromatic heterocycles. The molecular formula is C23H38. The minimum Gasteiger partial charge on any atom is -0.0851 e. The third-order valence-corrected chi connectivity index (χ3v) is 6.94. The number of hydrogen-bond acceptors (Lipinski definition) is 0. The van der Waals surface area contributed by atoms with Crippen LogP contribution in [0.1, 0.15) is 84.5 Å². The van der Waals surface area contributed by atoms with E-state index in [1.165, 1.54) is 70.6 Å². The van der Waals surface area contributed by atoms with Crippen molar-refractivity contribution in [1.29, 1.82) is 0 Å². The number of unbranched alkanes of at least 4 members (excludes halogenated alkanes) is 3. The summed E-state index contributed by atoms with van der Waals surface area (Å²) >= 11 is 0. The van der Waals surface area contributed by atoms with Crippen LogP contribution < -0.4 is 0 Å². The van der Waals surface area contributed by atoms with E-state index in [2.05, 4.69) is 38.2 Å². The molecule has 4 aliphatic rings. The van der Waals surface area contributed by atoms with Crippen molar-refractivity contribution >= 4 is 0 Å². The Morgan fingerprint density at radius 3 is 1.52 bits per heavy atom. The summed E-state index contributed by atoms with van der Waals surface area (Å²) in [6, 6.07) is 0. The van der Waals surface area contributed by atoms with E-state index in [9.17, 15) is 0 Å². The van der Waals surface area contributed by atoms with Crippen molar-refractivity contribution in [2.45, 2.75) is 84.5 Å². The van der Waals surface area contributed by atoms with Gasteiger partial charge < -0.3 is 0 Å². The van der Waals surface area contributed by atoms with Gasteiger partial charge in [0.1, 0.15) is 0 Å². The Kier molecular flexibility index (Phi) is 6.43. The Balaban J connectivity index is 0.000000136. The van der Waals surface area contributed by atoms with E-state index in [4.69, 9.17) is 0 Å². The zero-order valence-electron chi connectivity index (χ0n) is 15.6. The van der Waals surface area contributed by atoms with Crippen LogP contribution in [0.4, 0.5) is 0 Å². The summed E-state index contributed by atoms with van der Waals surface area (Å²) < 4.78 is 0. The molecule has 0 spiro atoms. The van der Waals surface area contributed by atoms with Crippen LogP contribution >= 0.6 is 0 Å². The van der Waals surface area contributed by atoms with Crippen molar-refractivity contribution in [3.8, 4) is 0 Å². The average molecular weight is 315 g/mol. The van der Waals surface area contributed by atoms with Gasteiger partial charge >= 0.3 is 0 Å². The highest BCUT2D eigenvalue weighted by Crippen LogP contribution is 2.46. The van der Waals surface area contributed by atoms with Crippen molar-refractivity contribution in [3.05, 3.63) is 24.3 Å². The Bertz CT molecular complexity index is 404. The monoisotopic (exact) mass is 314 g/mol. The predicted molar refractivity (Wildman–Crippen MR) is 101 cm³/mol. The number of hydrogen-bond donors (Lipinski definition) is 0. The number of rotatable bonds is 7. The Hall–Kier alpha value is -0.520. The van der Waals surface area contributed by atoms with Gasteiger partial charge in [0.05, 0.1) is 0 Å². The van der Waals surface area contributed by atoms with Crippen molar-refractivity contribution in [1.82, 2.24) is 0 Å². The second-order valence-electron chi connectivity index (χ2n) is 8.72. The van der Waals surface area contributed by atoms with Crippen molar-refractivity contribution in [3.63, 3.8) is 0 Å². The highest BCUT2D eigenvalue weighted by atomic mass is 14.4. The summed E-state index contributed by atoms with van der Waals surface area (Å²) in [4.78, 5) is 0. The minimum atomic E-state index is 0.974. The topological polar surface area (TPSA) is 0 Å². The molecule has 6 atom stereocenters. The Morgan fingerprint density at radius 1 is 0.609 bits per heavy atom. The first kappa shape index (κ1) is 17.3. The normalized spacial score (nSPS) is 39.0. The maximum atomic E-state index is 2.48. The first-order valence-corrected chi connectivity index (χ1v) is 10.7. The number of fused-ring (bicyclic) bond motifs is 4. The molecule has 0 radical (unpaired) electrons. The molecule has 2 saturated carbocycles. The highest BCUT2D eigenvalue weighted by molar-refractivity contribution is 5.10. The maximum Gasteiger partial charge on any atom is -0.0199 e. The fourth-order valence-electron chi connectivity index (χ4n) is 5.58. The molecule has 2 fully saturated rings. The lowest BCUT2D eigenvalue weighted by Crippen LogP contribution is -2.06. The van der Waals surface area contributed by atoms with Crippen LogP contribution in [0.25, 0.3) is 0 Å². The van der Waals surface area contributed by atoms with E-state index in [-0.39, 0.29) is 0 Å². The SMILES string of the molecule is CCCCC1CC2C=CC1C2.CCCCCC1CC2C=CC1C2. The second kappa shape index (κ2) is 8.54. The molecule has 0 N–H and O–H groups in total. The van der Waals surface area contributed by atoms with Crippen LogP contribution in [0.2, 0.25) is 0 Å². The lowest BCUT2D eigenvalue weighted by molar-refractivity contribution is 0.397. The quantitative estimate of drug-likeness (QED) is 0.345. The Labute approximate surface area is 144 Å². The van der Waals surface area contributed by atoms with Gasteiger partial charge in [-0.3, -0.25) is 0 Å². The van der Waals surface area contributed by atoms with Crippen molar-refractivity contribution in [2.24, 2.45) is 35.5 Å². The van der Waals surface area contributed by atoms with E-state index in [1.807, 2.05) is 0 Å². The summed E-state index contributed by atoms with van der Waals surface area (Å²) in [6.45, 7) is 4.59. The van der Waals surface area contributed by atoms with Gasteiger partial charge in [-0.05, 0) is 74.0 Å². The molecule has 0 amide bonds. The molecule has 0 aliphatic heterocycles. The first-order valence-electron chi connectivity index (χ1n) is 10.7. The van der Waals surface area contributed by atoms with E-state index < -0.39 is 0 Å². The van der Waals surface area contributed by atoms with E-state index in [0.717, 1.165) is 35.5 Å². The minimum absolute atomic E-state index is 0.974. The molecule has 4 rings (SSSR count). The van der Waals surface area contributed by atoms with Gasteiger partial charge in [0.15, 0.2) is 0 Å². The zero-order chi connectivity index (χ0) is 16.1. The van der Waals surface area contributed by atoms with Gasteiger partial charge in [0.25, 0.3) is 0 Å². The van der Waals surface area contributed by atoms with Gasteiger partial charge in [-0.15, -0.1) is 0 Å². The molecule has 4 bridgehead atoms. The van der Waals surface area contributed by atoms with E-state index >= 15 is 0 Å². The van der Waals surface area contributed by atoms with Gasteiger partial charge in [-0.25, -0.2) is 0 Å². The molecule has 0 aromatic carbocycles. The number of allylic oxidation sites excluding steroid dienone is 4. The third-order valence-electron chi connectivity index (χ3n) is 6.94. The van der Waals surface area contributed by atoms with Crippen molar-refractivity contribution < 1.29 is 0 Å². The molecule has 4 aliphatic carbocycles. The highest BCUT2D eigenvalue weighted by Gasteiger charge is 2.35. The molecule has 130 valence electrons. The summed E-state index contributed by atoms with van der Waals surface area (Å²) in [5.41, 5.74) is 0. The van der Waals surface area contributed by atoms with Crippen molar-refractivity contribution in [2.75, 3.05) is 0 Å². The summed E-state index contributed by atoms with van der Waals surface area (Å²) in [5, 5.41) is 0. The van der Waals surface area contributed by atoms with E-state index in [1.54, 1.807) is 0 Å². The molecule has 0 saturated heterocycles. The maximum absolute atomic E-state index is 2.48. The largest absolute Gasteiger partial charge is 0.0851 e. The van der Waals surface area contributed by atoms with Crippen LogP contribution in [0.15, 0.2) is 24.3 Å². The molecule has 0 nitrogen and oxygen atoms in total. The molecule has 0 heteroatoms.